The van der Waals surface area contributed by atoms with Crippen molar-refractivity contribution in [1.29, 1.82) is 5.26 Å². The molecule has 0 spiro atoms. The molecule has 0 aliphatic heterocycles. The number of nitrogens with zero attached hydrogens (tertiary/aromatic N) is 3. The van der Waals surface area contributed by atoms with Crippen molar-refractivity contribution in [3.8, 4) is 11.8 Å². The lowest BCUT2D eigenvalue weighted by Crippen LogP contribution is -2.35. The molecule has 0 atom stereocenters. The molecule has 0 fully saturated rings. The van der Waals surface area contributed by atoms with Gasteiger partial charge in [0, 0.05) is 18.3 Å². The Kier molecular flexibility index (Phi) is 7.05. The summed E-state index contributed by atoms with van der Waals surface area (Å²) in [5, 5.41) is 19.8. The maximum atomic E-state index is 12.5. The van der Waals surface area contributed by atoms with Gasteiger partial charge in [0.2, 0.25) is 0 Å². The number of hydrogen-bond donors (Lipinski definition) is 0. The van der Waals surface area contributed by atoms with Crippen LogP contribution in [0, 0.1) is 21.4 Å². The first-order chi connectivity index (χ1) is 13.5. The van der Waals surface area contributed by atoms with E-state index in [2.05, 4.69) is 0 Å². The fourth-order valence-corrected chi connectivity index (χ4v) is 2.42. The number of esters is 1. The van der Waals surface area contributed by atoms with Gasteiger partial charge in [-0.3, -0.25) is 14.9 Å². The number of carbonyl (C=O) groups is 2. The number of nitro benzene ring substituents is 1. The van der Waals surface area contributed by atoms with Gasteiger partial charge in [-0.05, 0) is 24.3 Å². The first-order valence-corrected chi connectivity index (χ1v) is 8.20. The highest BCUT2D eigenvalue weighted by atomic mass is 16.6. The van der Waals surface area contributed by atoms with Crippen LogP contribution in [-0.2, 0) is 9.53 Å². The number of nitro groups is 1. The molecule has 0 heterocycles. The highest BCUT2D eigenvalue weighted by Gasteiger charge is 2.21. The van der Waals surface area contributed by atoms with Gasteiger partial charge in [-0.1, -0.05) is 18.2 Å². The van der Waals surface area contributed by atoms with Gasteiger partial charge in [-0.15, -0.1) is 0 Å². The van der Waals surface area contributed by atoms with Crippen LogP contribution in [0.1, 0.15) is 16.8 Å². The molecule has 0 saturated heterocycles. The fraction of sp³-hybridized carbons (Fsp3) is 0.211. The molecule has 0 radical (unpaired) electrons. The standard InChI is InChI=1S/C19H17N3O6/c1-27-17-9-8-14(12-16(17)22(25)26)19(24)28-13-18(23)21(11-5-10-20)15-6-3-2-4-7-15/h2-4,6-9,12H,5,11,13H2,1H3. The van der Waals surface area contributed by atoms with E-state index in [-0.39, 0.29) is 30.0 Å². The van der Waals surface area contributed by atoms with Crippen molar-refractivity contribution in [3.05, 3.63) is 64.2 Å². The van der Waals surface area contributed by atoms with Crippen molar-refractivity contribution in [2.75, 3.05) is 25.2 Å². The van der Waals surface area contributed by atoms with Crippen LogP contribution in [-0.4, -0.2) is 37.1 Å². The Morgan fingerprint density at radius 3 is 2.54 bits per heavy atom. The second-order valence-corrected chi connectivity index (χ2v) is 5.51. The molecule has 0 unspecified atom stereocenters. The molecule has 144 valence electrons. The molecular formula is C19H17N3O6. The molecule has 0 N–H and O–H groups in total. The second-order valence-electron chi connectivity index (χ2n) is 5.51. The SMILES string of the molecule is COc1ccc(C(=O)OCC(=O)N(CCC#N)c2ccccc2)cc1[N+](=O)[O-]. The number of hydrogen-bond acceptors (Lipinski definition) is 7. The van der Waals surface area contributed by atoms with Crippen molar-refractivity contribution in [3.63, 3.8) is 0 Å². The molecule has 2 aromatic carbocycles. The van der Waals surface area contributed by atoms with E-state index in [0.717, 1.165) is 6.07 Å². The molecule has 9 nitrogen and oxygen atoms in total. The van der Waals surface area contributed by atoms with E-state index in [1.54, 1.807) is 30.3 Å². The average Bonchev–Trinajstić information content (AvgIpc) is 2.72. The Hall–Kier alpha value is -3.93. The van der Waals surface area contributed by atoms with Crippen molar-refractivity contribution in [2.24, 2.45) is 0 Å². The van der Waals surface area contributed by atoms with Crippen LogP contribution in [0.5, 0.6) is 5.75 Å². The summed E-state index contributed by atoms with van der Waals surface area (Å²) in [7, 11) is 1.28. The van der Waals surface area contributed by atoms with Gasteiger partial charge in [-0.2, -0.15) is 5.26 Å². The number of rotatable bonds is 8. The lowest BCUT2D eigenvalue weighted by Gasteiger charge is -2.21. The summed E-state index contributed by atoms with van der Waals surface area (Å²) in [6, 6.07) is 14.2. The van der Waals surface area contributed by atoms with E-state index in [4.69, 9.17) is 14.7 Å². The van der Waals surface area contributed by atoms with Gasteiger partial charge < -0.3 is 14.4 Å². The van der Waals surface area contributed by atoms with Gasteiger partial charge in [0.15, 0.2) is 12.4 Å². The van der Waals surface area contributed by atoms with Crippen LogP contribution in [0.25, 0.3) is 0 Å². The smallest absolute Gasteiger partial charge is 0.338 e. The van der Waals surface area contributed by atoms with Crippen molar-refractivity contribution in [1.82, 2.24) is 0 Å². The number of benzene rings is 2. The largest absolute Gasteiger partial charge is 0.490 e. The normalized spacial score (nSPS) is 9.86. The number of carbonyl (C=O) groups excluding carboxylic acids is 2. The topological polar surface area (TPSA) is 123 Å². The molecular weight excluding hydrogens is 366 g/mol. The highest BCUT2D eigenvalue weighted by molar-refractivity contribution is 5.97. The molecule has 0 aliphatic rings. The summed E-state index contributed by atoms with van der Waals surface area (Å²) in [6.07, 6.45) is 0.110. The minimum absolute atomic E-state index is 0.00406. The molecule has 0 saturated carbocycles. The Bertz CT molecular complexity index is 908. The van der Waals surface area contributed by atoms with Gasteiger partial charge in [0.1, 0.15) is 0 Å². The molecule has 0 bridgehead atoms. The molecule has 0 aromatic heterocycles. The molecule has 2 aromatic rings. The summed E-state index contributed by atoms with van der Waals surface area (Å²) in [5.41, 5.74) is 0.102. The van der Waals surface area contributed by atoms with Gasteiger partial charge >= 0.3 is 11.7 Å². The first kappa shape index (κ1) is 20.4. The minimum atomic E-state index is -0.882. The predicted molar refractivity (Wildman–Crippen MR) is 99.0 cm³/mol. The summed E-state index contributed by atoms with van der Waals surface area (Å²) < 4.78 is 9.88. The first-order valence-electron chi connectivity index (χ1n) is 8.20. The lowest BCUT2D eigenvalue weighted by molar-refractivity contribution is -0.385. The summed E-state index contributed by atoms with van der Waals surface area (Å²) >= 11 is 0. The number of nitriles is 1. The monoisotopic (exact) mass is 383 g/mol. The van der Waals surface area contributed by atoms with E-state index < -0.39 is 23.4 Å². The fourth-order valence-electron chi connectivity index (χ4n) is 2.42. The molecule has 28 heavy (non-hydrogen) atoms. The minimum Gasteiger partial charge on any atom is -0.490 e. The van der Waals surface area contributed by atoms with Crippen LogP contribution in [0.2, 0.25) is 0 Å². The number of amides is 1. The predicted octanol–water partition coefficient (Wildman–Crippen LogP) is 2.71. The number of ether oxygens (including phenoxy) is 2. The Balaban J connectivity index is 2.10. The third-order valence-electron chi connectivity index (χ3n) is 3.75. The third kappa shape index (κ3) is 5.04. The average molecular weight is 383 g/mol. The summed E-state index contributed by atoms with van der Waals surface area (Å²) in [6.45, 7) is -0.427. The zero-order valence-electron chi connectivity index (χ0n) is 15.0. The van der Waals surface area contributed by atoms with E-state index in [1.165, 1.54) is 24.1 Å². The van der Waals surface area contributed by atoms with E-state index in [9.17, 15) is 19.7 Å². The number of anilines is 1. The van der Waals surface area contributed by atoms with Crippen molar-refractivity contribution in [2.45, 2.75) is 6.42 Å². The van der Waals surface area contributed by atoms with Crippen LogP contribution in [0.15, 0.2) is 48.5 Å². The summed E-state index contributed by atoms with van der Waals surface area (Å²) in [4.78, 5) is 36.4. The van der Waals surface area contributed by atoms with Crippen molar-refractivity contribution >= 4 is 23.3 Å². The molecule has 9 heteroatoms. The maximum Gasteiger partial charge on any atom is 0.338 e. The number of methoxy groups -OCH3 is 1. The Morgan fingerprint density at radius 1 is 1.21 bits per heavy atom. The van der Waals surface area contributed by atoms with Crippen molar-refractivity contribution < 1.29 is 24.0 Å². The van der Waals surface area contributed by atoms with Crippen LogP contribution < -0.4 is 9.64 Å². The number of para-hydroxylation sites is 1. The zero-order chi connectivity index (χ0) is 20.5. The van der Waals surface area contributed by atoms with E-state index in [0.29, 0.717) is 5.69 Å². The zero-order valence-corrected chi connectivity index (χ0v) is 15.0. The molecule has 0 aliphatic carbocycles. The van der Waals surface area contributed by atoms with Crippen LogP contribution in [0.4, 0.5) is 11.4 Å². The van der Waals surface area contributed by atoms with Crippen LogP contribution in [0.3, 0.4) is 0 Å². The van der Waals surface area contributed by atoms with Gasteiger partial charge in [0.25, 0.3) is 5.91 Å². The Morgan fingerprint density at radius 2 is 1.93 bits per heavy atom. The van der Waals surface area contributed by atoms with E-state index in [1.807, 2.05) is 6.07 Å². The third-order valence-corrected chi connectivity index (χ3v) is 3.75. The maximum absolute atomic E-state index is 12.5. The van der Waals surface area contributed by atoms with Crippen LogP contribution >= 0.6 is 0 Å². The molecule has 2 rings (SSSR count). The van der Waals surface area contributed by atoms with Gasteiger partial charge in [-0.25, -0.2) is 4.79 Å². The quantitative estimate of drug-likeness (QED) is 0.390. The Labute approximate surface area is 160 Å². The summed E-state index contributed by atoms with van der Waals surface area (Å²) in [5.74, 6) is -1.39. The van der Waals surface area contributed by atoms with Gasteiger partial charge in [0.05, 0.1) is 30.1 Å². The van der Waals surface area contributed by atoms with E-state index >= 15 is 0 Å². The highest BCUT2D eigenvalue weighted by Crippen LogP contribution is 2.27. The lowest BCUT2D eigenvalue weighted by atomic mass is 10.2. The molecule has 1 amide bonds. The second kappa shape index (κ2) is 9.68.